The molecule has 0 heterocycles. The summed E-state index contributed by atoms with van der Waals surface area (Å²) in [6, 6.07) is 3.42. The summed E-state index contributed by atoms with van der Waals surface area (Å²) >= 11 is 0. The summed E-state index contributed by atoms with van der Waals surface area (Å²) in [6.45, 7) is 8.54. The Morgan fingerprint density at radius 3 is 2.13 bits per heavy atom. The number of carbonyl (C=O) groups is 1. The lowest BCUT2D eigenvalue weighted by Crippen LogP contribution is -2.27. The molecule has 0 unspecified atom stereocenters. The van der Waals surface area contributed by atoms with Crippen LogP contribution in [0.1, 0.15) is 75.7 Å². The smallest absolute Gasteiger partial charge is 0.338 e. The first-order valence-electron chi connectivity index (χ1n) is 8.64. The first-order valence-corrected chi connectivity index (χ1v) is 8.64. The van der Waals surface area contributed by atoms with Gasteiger partial charge in [-0.3, -0.25) is 0 Å². The van der Waals surface area contributed by atoms with E-state index in [0.29, 0.717) is 22.9 Å². The van der Waals surface area contributed by atoms with Crippen LogP contribution in [0, 0.1) is 5.92 Å². The normalized spacial score (nSPS) is 16.6. The standard InChI is InChI=1S/C19H30N2O2/c1-12(2)19(3,4)17-15(20)10-13(11-16(17)21)18(22)23-14-8-6-5-7-9-14/h10-12,14H,5-9,20-21H2,1-4H3. The van der Waals surface area contributed by atoms with E-state index in [1.807, 2.05) is 0 Å². The van der Waals surface area contributed by atoms with E-state index in [1.165, 1.54) is 6.42 Å². The third-order valence-electron chi connectivity index (χ3n) is 5.35. The fourth-order valence-corrected chi connectivity index (χ4v) is 3.24. The van der Waals surface area contributed by atoms with Gasteiger partial charge in [0.1, 0.15) is 6.10 Å². The van der Waals surface area contributed by atoms with Crippen LogP contribution in [0.25, 0.3) is 0 Å². The lowest BCUT2D eigenvalue weighted by molar-refractivity contribution is 0.0211. The van der Waals surface area contributed by atoms with E-state index in [1.54, 1.807) is 12.1 Å². The van der Waals surface area contributed by atoms with Crippen LogP contribution in [0.15, 0.2) is 12.1 Å². The minimum atomic E-state index is -0.316. The zero-order valence-electron chi connectivity index (χ0n) is 14.8. The molecule has 0 saturated heterocycles. The summed E-state index contributed by atoms with van der Waals surface area (Å²) in [5.41, 5.74) is 14.8. The number of nitrogens with two attached hydrogens (primary N) is 2. The highest BCUT2D eigenvalue weighted by Gasteiger charge is 2.30. The van der Waals surface area contributed by atoms with Crippen LogP contribution < -0.4 is 11.5 Å². The van der Waals surface area contributed by atoms with Gasteiger partial charge in [-0.25, -0.2) is 4.79 Å². The molecule has 1 aliphatic rings. The second-order valence-electron chi connectivity index (χ2n) is 7.57. The maximum atomic E-state index is 12.4. The highest BCUT2D eigenvalue weighted by molar-refractivity contribution is 5.92. The molecule has 2 rings (SSSR count). The van der Waals surface area contributed by atoms with Gasteiger partial charge in [-0.15, -0.1) is 0 Å². The van der Waals surface area contributed by atoms with Crippen LogP contribution in [0.3, 0.4) is 0 Å². The molecule has 0 radical (unpaired) electrons. The molecule has 0 atom stereocenters. The Morgan fingerprint density at radius 1 is 1.13 bits per heavy atom. The molecule has 0 bridgehead atoms. The average Bonchev–Trinajstić information content (AvgIpc) is 2.47. The molecule has 1 aromatic rings. The number of carbonyl (C=O) groups excluding carboxylic acids is 1. The van der Waals surface area contributed by atoms with Crippen LogP contribution in [0.4, 0.5) is 11.4 Å². The van der Waals surface area contributed by atoms with E-state index in [0.717, 1.165) is 31.2 Å². The first kappa shape index (κ1) is 17.6. The molecule has 4 nitrogen and oxygen atoms in total. The summed E-state index contributed by atoms with van der Waals surface area (Å²) in [7, 11) is 0. The summed E-state index contributed by atoms with van der Waals surface area (Å²) in [4.78, 5) is 12.4. The van der Waals surface area contributed by atoms with E-state index < -0.39 is 0 Å². The lowest BCUT2D eigenvalue weighted by Gasteiger charge is -2.32. The molecule has 0 aliphatic heterocycles. The predicted octanol–water partition coefficient (Wildman–Crippen LogP) is 4.27. The number of esters is 1. The summed E-state index contributed by atoms with van der Waals surface area (Å²) in [5.74, 6) is 0.0661. The molecule has 4 N–H and O–H groups in total. The van der Waals surface area contributed by atoms with Crippen molar-refractivity contribution in [3.05, 3.63) is 23.3 Å². The second-order valence-corrected chi connectivity index (χ2v) is 7.57. The van der Waals surface area contributed by atoms with Gasteiger partial charge in [-0.1, -0.05) is 34.1 Å². The van der Waals surface area contributed by atoms with E-state index >= 15 is 0 Å². The molecule has 4 heteroatoms. The van der Waals surface area contributed by atoms with Crippen LogP contribution in [0.2, 0.25) is 0 Å². The molecule has 0 aromatic heterocycles. The van der Waals surface area contributed by atoms with Crippen LogP contribution in [-0.2, 0) is 10.2 Å². The van der Waals surface area contributed by atoms with E-state index in [-0.39, 0.29) is 17.5 Å². The Morgan fingerprint density at radius 2 is 1.65 bits per heavy atom. The fraction of sp³-hybridized carbons (Fsp3) is 0.632. The lowest BCUT2D eigenvalue weighted by atomic mass is 9.73. The monoisotopic (exact) mass is 318 g/mol. The third kappa shape index (κ3) is 3.80. The van der Waals surface area contributed by atoms with Gasteiger partial charge in [0.05, 0.1) is 5.56 Å². The zero-order valence-corrected chi connectivity index (χ0v) is 14.8. The summed E-state index contributed by atoms with van der Waals surface area (Å²) in [6.07, 6.45) is 5.43. The molecule has 128 valence electrons. The molecule has 0 spiro atoms. The van der Waals surface area contributed by atoms with Gasteiger partial charge in [0.2, 0.25) is 0 Å². The largest absolute Gasteiger partial charge is 0.459 e. The van der Waals surface area contributed by atoms with Gasteiger partial charge < -0.3 is 16.2 Å². The number of rotatable bonds is 4. The molecule has 0 amide bonds. The van der Waals surface area contributed by atoms with Gasteiger partial charge in [-0.2, -0.15) is 0 Å². The molecular weight excluding hydrogens is 288 g/mol. The maximum Gasteiger partial charge on any atom is 0.338 e. The molecular formula is C19H30N2O2. The molecule has 1 aromatic carbocycles. The SMILES string of the molecule is CC(C)C(C)(C)c1c(N)cc(C(=O)OC2CCCCC2)cc1N. The van der Waals surface area contributed by atoms with E-state index in [4.69, 9.17) is 16.2 Å². The van der Waals surface area contributed by atoms with Crippen LogP contribution in [-0.4, -0.2) is 12.1 Å². The van der Waals surface area contributed by atoms with Crippen molar-refractivity contribution in [1.29, 1.82) is 0 Å². The van der Waals surface area contributed by atoms with Crippen molar-refractivity contribution in [2.75, 3.05) is 11.5 Å². The van der Waals surface area contributed by atoms with Crippen molar-refractivity contribution in [3.63, 3.8) is 0 Å². The number of benzene rings is 1. The minimum Gasteiger partial charge on any atom is -0.459 e. The number of ether oxygens (including phenoxy) is 1. The van der Waals surface area contributed by atoms with E-state index in [2.05, 4.69) is 27.7 Å². The quantitative estimate of drug-likeness (QED) is 0.642. The minimum absolute atomic E-state index is 0.0329. The molecule has 23 heavy (non-hydrogen) atoms. The van der Waals surface area contributed by atoms with E-state index in [9.17, 15) is 4.79 Å². The Labute approximate surface area is 139 Å². The molecule has 1 fully saturated rings. The predicted molar refractivity (Wildman–Crippen MR) is 95.4 cm³/mol. The van der Waals surface area contributed by atoms with Crippen molar-refractivity contribution in [1.82, 2.24) is 0 Å². The summed E-state index contributed by atoms with van der Waals surface area (Å²) in [5, 5.41) is 0. The zero-order chi connectivity index (χ0) is 17.2. The van der Waals surface area contributed by atoms with Crippen LogP contribution >= 0.6 is 0 Å². The van der Waals surface area contributed by atoms with Gasteiger partial charge >= 0.3 is 5.97 Å². The van der Waals surface area contributed by atoms with Crippen molar-refractivity contribution in [2.24, 2.45) is 5.92 Å². The van der Waals surface area contributed by atoms with Crippen molar-refractivity contribution >= 4 is 17.3 Å². The van der Waals surface area contributed by atoms with Crippen molar-refractivity contribution in [3.8, 4) is 0 Å². The highest BCUT2D eigenvalue weighted by atomic mass is 16.5. The van der Waals surface area contributed by atoms with Crippen LogP contribution in [0.5, 0.6) is 0 Å². The van der Waals surface area contributed by atoms with Gasteiger partial charge in [0, 0.05) is 16.9 Å². The van der Waals surface area contributed by atoms with Gasteiger partial charge in [0.25, 0.3) is 0 Å². The number of anilines is 2. The maximum absolute atomic E-state index is 12.4. The Balaban J connectivity index is 2.23. The average molecular weight is 318 g/mol. The Hall–Kier alpha value is -1.71. The summed E-state index contributed by atoms with van der Waals surface area (Å²) < 4.78 is 5.61. The number of hydrogen-bond acceptors (Lipinski definition) is 4. The van der Waals surface area contributed by atoms with Gasteiger partial charge in [0.15, 0.2) is 0 Å². The van der Waals surface area contributed by atoms with Crippen molar-refractivity contribution < 1.29 is 9.53 Å². The topological polar surface area (TPSA) is 78.3 Å². The second kappa shape index (κ2) is 6.81. The first-order chi connectivity index (χ1) is 10.7. The highest BCUT2D eigenvalue weighted by Crippen LogP contribution is 2.39. The Kier molecular flexibility index (Phi) is 5.23. The fourth-order valence-electron chi connectivity index (χ4n) is 3.24. The Bertz CT molecular complexity index is 550. The molecule has 1 aliphatic carbocycles. The third-order valence-corrected chi connectivity index (χ3v) is 5.35. The number of nitrogen functional groups attached to an aromatic ring is 2. The number of hydrogen-bond donors (Lipinski definition) is 2. The molecule has 1 saturated carbocycles. The van der Waals surface area contributed by atoms with Crippen molar-refractivity contribution in [2.45, 2.75) is 71.3 Å². The van der Waals surface area contributed by atoms with Gasteiger partial charge in [-0.05, 0) is 49.1 Å².